The summed E-state index contributed by atoms with van der Waals surface area (Å²) in [7, 11) is 1.53. The molecule has 23 heavy (non-hydrogen) atoms. The summed E-state index contributed by atoms with van der Waals surface area (Å²) in [6, 6.07) is 5.27. The van der Waals surface area contributed by atoms with E-state index in [9.17, 15) is 5.11 Å². The highest BCUT2D eigenvalue weighted by molar-refractivity contribution is 5.42. The van der Waals surface area contributed by atoms with Crippen LogP contribution in [-0.2, 0) is 6.42 Å². The lowest BCUT2D eigenvalue weighted by Crippen LogP contribution is -1.96. The first-order valence-corrected chi connectivity index (χ1v) is 8.15. The fourth-order valence-electron chi connectivity index (χ4n) is 2.04. The molecular formula is C20H32O3. The average Bonchev–Trinajstić information content (AvgIpc) is 2.50. The van der Waals surface area contributed by atoms with Gasteiger partial charge < -0.3 is 14.9 Å². The van der Waals surface area contributed by atoms with Gasteiger partial charge in [0, 0.05) is 6.61 Å². The molecule has 3 heteroatoms. The molecular weight excluding hydrogens is 288 g/mol. The Labute approximate surface area is 141 Å². The number of benzene rings is 1. The van der Waals surface area contributed by atoms with Crippen LogP contribution in [0, 0.1) is 5.92 Å². The Morgan fingerprint density at radius 3 is 2.52 bits per heavy atom. The number of ether oxygens (including phenoxy) is 1. The van der Waals surface area contributed by atoms with E-state index in [0.29, 0.717) is 18.3 Å². The van der Waals surface area contributed by atoms with E-state index in [-0.39, 0.29) is 5.75 Å². The second-order valence-corrected chi connectivity index (χ2v) is 5.98. The summed E-state index contributed by atoms with van der Waals surface area (Å²) in [6.45, 7) is 10.4. The molecule has 0 spiro atoms. The predicted octanol–water partition coefficient (Wildman–Crippen LogP) is 4.88. The third-order valence-electron chi connectivity index (χ3n) is 3.46. The standard InChI is InChI=1S/C10H12O2.C10H20O/c1-3-4-8-5-6-9(11)10(7-8)12-2;1-9(2)5-4-6-10(3)7-8-11/h3,5-7,11H,1,4H2,2H3;5,10-11H,4,6-8H2,1-3H3. The number of phenolic OH excluding ortho intramolecular Hbond substituents is 1. The number of hydrogen-bond donors (Lipinski definition) is 2. The van der Waals surface area contributed by atoms with E-state index in [1.807, 2.05) is 12.1 Å². The van der Waals surface area contributed by atoms with Gasteiger partial charge in [-0.2, -0.15) is 0 Å². The van der Waals surface area contributed by atoms with Gasteiger partial charge in [-0.15, -0.1) is 6.58 Å². The highest BCUT2D eigenvalue weighted by atomic mass is 16.5. The van der Waals surface area contributed by atoms with Gasteiger partial charge in [0.05, 0.1) is 7.11 Å². The minimum Gasteiger partial charge on any atom is -0.504 e. The Balaban J connectivity index is 0.000000423. The maximum atomic E-state index is 9.25. The summed E-state index contributed by atoms with van der Waals surface area (Å²) in [5.74, 6) is 1.34. The Kier molecular flexibility index (Phi) is 11.8. The van der Waals surface area contributed by atoms with Gasteiger partial charge in [-0.3, -0.25) is 0 Å². The van der Waals surface area contributed by atoms with Gasteiger partial charge in [0.15, 0.2) is 11.5 Å². The molecule has 1 aromatic carbocycles. The molecule has 3 nitrogen and oxygen atoms in total. The molecule has 130 valence electrons. The highest BCUT2D eigenvalue weighted by Crippen LogP contribution is 2.26. The second kappa shape index (κ2) is 12.8. The Morgan fingerprint density at radius 1 is 1.30 bits per heavy atom. The third kappa shape index (κ3) is 10.6. The molecule has 0 aromatic heterocycles. The Morgan fingerprint density at radius 2 is 2.00 bits per heavy atom. The number of phenols is 1. The van der Waals surface area contributed by atoms with Gasteiger partial charge in [-0.25, -0.2) is 0 Å². The van der Waals surface area contributed by atoms with Crippen LogP contribution < -0.4 is 4.74 Å². The molecule has 0 saturated heterocycles. The largest absolute Gasteiger partial charge is 0.504 e. The van der Waals surface area contributed by atoms with Crippen molar-refractivity contribution in [3.05, 3.63) is 48.1 Å². The van der Waals surface area contributed by atoms with Crippen LogP contribution in [0.4, 0.5) is 0 Å². The predicted molar refractivity (Wildman–Crippen MR) is 98.1 cm³/mol. The molecule has 1 aromatic rings. The normalized spacial score (nSPS) is 11.0. The van der Waals surface area contributed by atoms with Gasteiger partial charge in [0.2, 0.25) is 0 Å². The summed E-state index contributed by atoms with van der Waals surface area (Å²) < 4.78 is 4.95. The van der Waals surface area contributed by atoms with Crippen molar-refractivity contribution in [3.63, 3.8) is 0 Å². The van der Waals surface area contributed by atoms with Crippen molar-refractivity contribution in [2.75, 3.05) is 13.7 Å². The molecule has 1 unspecified atom stereocenters. The SMILES string of the molecule is C=CCc1ccc(O)c(OC)c1.CC(C)=CCCC(C)CCO. The molecule has 0 heterocycles. The van der Waals surface area contributed by atoms with Crippen LogP contribution in [0.1, 0.15) is 45.6 Å². The van der Waals surface area contributed by atoms with Crippen molar-refractivity contribution in [2.45, 2.75) is 46.5 Å². The fourth-order valence-corrected chi connectivity index (χ4v) is 2.04. The van der Waals surface area contributed by atoms with E-state index in [1.54, 1.807) is 12.1 Å². The number of aliphatic hydroxyl groups excluding tert-OH is 1. The van der Waals surface area contributed by atoms with Crippen LogP contribution in [0.2, 0.25) is 0 Å². The maximum Gasteiger partial charge on any atom is 0.160 e. The Hall–Kier alpha value is -1.74. The lowest BCUT2D eigenvalue weighted by atomic mass is 10.0. The summed E-state index contributed by atoms with van der Waals surface area (Å²) in [5.41, 5.74) is 2.47. The number of methoxy groups -OCH3 is 1. The van der Waals surface area contributed by atoms with Crippen molar-refractivity contribution in [3.8, 4) is 11.5 Å². The topological polar surface area (TPSA) is 49.7 Å². The van der Waals surface area contributed by atoms with Gasteiger partial charge in [0.1, 0.15) is 0 Å². The van der Waals surface area contributed by atoms with Crippen molar-refractivity contribution in [2.24, 2.45) is 5.92 Å². The number of hydrogen-bond acceptors (Lipinski definition) is 3. The quantitative estimate of drug-likeness (QED) is 0.671. The molecule has 0 aliphatic heterocycles. The van der Waals surface area contributed by atoms with Gasteiger partial charge >= 0.3 is 0 Å². The zero-order valence-electron chi connectivity index (χ0n) is 15.0. The van der Waals surface area contributed by atoms with Crippen LogP contribution in [0.15, 0.2) is 42.5 Å². The van der Waals surface area contributed by atoms with E-state index >= 15 is 0 Å². The first kappa shape index (κ1) is 21.3. The van der Waals surface area contributed by atoms with E-state index in [1.165, 1.54) is 19.1 Å². The van der Waals surface area contributed by atoms with Crippen molar-refractivity contribution < 1.29 is 14.9 Å². The lowest BCUT2D eigenvalue weighted by Gasteiger charge is -2.06. The second-order valence-electron chi connectivity index (χ2n) is 5.98. The van der Waals surface area contributed by atoms with Crippen molar-refractivity contribution in [1.29, 1.82) is 0 Å². The zero-order valence-corrected chi connectivity index (χ0v) is 15.0. The fraction of sp³-hybridized carbons (Fsp3) is 0.500. The first-order chi connectivity index (χ1) is 10.9. The maximum absolute atomic E-state index is 9.25. The molecule has 0 aliphatic rings. The number of aliphatic hydroxyl groups is 1. The van der Waals surface area contributed by atoms with Crippen molar-refractivity contribution >= 4 is 0 Å². The first-order valence-electron chi connectivity index (χ1n) is 8.15. The van der Waals surface area contributed by atoms with E-state index in [4.69, 9.17) is 9.84 Å². The number of allylic oxidation sites excluding steroid dienone is 3. The molecule has 1 rings (SSSR count). The summed E-state index contributed by atoms with van der Waals surface area (Å²) in [5, 5.41) is 17.9. The van der Waals surface area contributed by atoms with Crippen LogP contribution in [0.25, 0.3) is 0 Å². The minimum atomic E-state index is 0.172. The van der Waals surface area contributed by atoms with Crippen molar-refractivity contribution in [1.82, 2.24) is 0 Å². The molecule has 0 fully saturated rings. The molecule has 0 saturated carbocycles. The van der Waals surface area contributed by atoms with Crippen LogP contribution in [0.3, 0.4) is 0 Å². The summed E-state index contributed by atoms with van der Waals surface area (Å²) in [4.78, 5) is 0. The van der Waals surface area contributed by atoms with E-state index in [0.717, 1.165) is 24.8 Å². The summed E-state index contributed by atoms with van der Waals surface area (Å²) >= 11 is 0. The summed E-state index contributed by atoms with van der Waals surface area (Å²) in [6.07, 6.45) is 8.15. The average molecular weight is 320 g/mol. The number of aromatic hydroxyl groups is 1. The Bertz CT molecular complexity index is 474. The zero-order chi connectivity index (χ0) is 17.7. The van der Waals surface area contributed by atoms with E-state index < -0.39 is 0 Å². The highest BCUT2D eigenvalue weighted by Gasteiger charge is 2.00. The van der Waals surface area contributed by atoms with Gasteiger partial charge in [0.25, 0.3) is 0 Å². The monoisotopic (exact) mass is 320 g/mol. The molecule has 0 radical (unpaired) electrons. The van der Waals surface area contributed by atoms with Crippen LogP contribution >= 0.6 is 0 Å². The molecule has 0 aliphatic carbocycles. The molecule has 1 atom stereocenters. The molecule has 2 N–H and O–H groups in total. The van der Waals surface area contributed by atoms with Gasteiger partial charge in [-0.1, -0.05) is 30.7 Å². The minimum absolute atomic E-state index is 0.172. The van der Waals surface area contributed by atoms with E-state index in [2.05, 4.69) is 33.4 Å². The molecule has 0 bridgehead atoms. The third-order valence-corrected chi connectivity index (χ3v) is 3.46. The lowest BCUT2D eigenvalue weighted by molar-refractivity contribution is 0.259. The number of rotatable bonds is 8. The smallest absolute Gasteiger partial charge is 0.160 e. The van der Waals surface area contributed by atoms with Crippen LogP contribution in [0.5, 0.6) is 11.5 Å². The van der Waals surface area contributed by atoms with Gasteiger partial charge in [-0.05, 0) is 63.1 Å². The molecule has 0 amide bonds. The van der Waals surface area contributed by atoms with Crippen LogP contribution in [-0.4, -0.2) is 23.9 Å².